The van der Waals surface area contributed by atoms with Gasteiger partial charge in [0.25, 0.3) is 0 Å². The molecule has 102 valence electrons. The number of hydrogen-bond acceptors (Lipinski definition) is 2. The first kappa shape index (κ1) is 13.7. The minimum atomic E-state index is -0.822. The first-order valence-electron chi connectivity index (χ1n) is 6.96. The van der Waals surface area contributed by atoms with Gasteiger partial charge in [0.1, 0.15) is 0 Å². The Morgan fingerprint density at radius 2 is 2.05 bits per heavy atom. The highest BCUT2D eigenvalue weighted by Crippen LogP contribution is 2.27. The van der Waals surface area contributed by atoms with Gasteiger partial charge in [0.05, 0.1) is 0 Å². The highest BCUT2D eigenvalue weighted by atomic mass is 16.4. The summed E-state index contributed by atoms with van der Waals surface area (Å²) in [5.74, 6) is -0.822. The van der Waals surface area contributed by atoms with Crippen molar-refractivity contribution in [1.82, 2.24) is 0 Å². The second-order valence-electron chi connectivity index (χ2n) is 5.07. The number of carboxylic acid groups (broad SMARTS) is 1. The molecule has 1 aliphatic rings. The molecule has 0 amide bonds. The van der Waals surface area contributed by atoms with E-state index >= 15 is 0 Å². The topological polar surface area (TPSA) is 49.3 Å². The maximum absolute atomic E-state index is 10.6. The molecule has 19 heavy (non-hydrogen) atoms. The molecule has 0 saturated heterocycles. The van der Waals surface area contributed by atoms with Gasteiger partial charge in [0.15, 0.2) is 0 Å². The number of carbonyl (C=O) groups is 1. The van der Waals surface area contributed by atoms with E-state index in [0.717, 1.165) is 37.7 Å². The fourth-order valence-electron chi connectivity index (χ4n) is 2.64. The largest absolute Gasteiger partial charge is 0.478 e. The fourth-order valence-corrected chi connectivity index (χ4v) is 2.64. The summed E-state index contributed by atoms with van der Waals surface area (Å²) in [5, 5.41) is 12.3. The molecule has 0 radical (unpaired) electrons. The smallest absolute Gasteiger partial charge is 0.328 e. The van der Waals surface area contributed by atoms with Crippen LogP contribution in [0.2, 0.25) is 0 Å². The molecule has 0 bridgehead atoms. The number of nitrogens with one attached hydrogen (secondary N) is 1. The Morgan fingerprint density at radius 3 is 2.68 bits per heavy atom. The summed E-state index contributed by atoms with van der Waals surface area (Å²) in [5.41, 5.74) is 3.63. The molecule has 0 heterocycles. The zero-order valence-electron chi connectivity index (χ0n) is 11.4. The number of rotatable bonds is 4. The van der Waals surface area contributed by atoms with Crippen molar-refractivity contribution in [2.24, 2.45) is 0 Å². The zero-order valence-corrected chi connectivity index (χ0v) is 11.4. The Bertz CT molecular complexity index is 469. The van der Waals surface area contributed by atoms with Crippen LogP contribution in [0.25, 0.3) is 0 Å². The highest BCUT2D eigenvalue weighted by molar-refractivity contribution is 5.80. The van der Waals surface area contributed by atoms with Crippen molar-refractivity contribution in [3.8, 4) is 0 Å². The third kappa shape index (κ3) is 3.85. The number of allylic oxidation sites excluding steroid dienone is 1. The normalized spacial score (nSPS) is 19.0. The van der Waals surface area contributed by atoms with Gasteiger partial charge in [-0.1, -0.05) is 30.7 Å². The van der Waals surface area contributed by atoms with Gasteiger partial charge in [-0.15, -0.1) is 0 Å². The molecule has 0 aliphatic heterocycles. The van der Waals surface area contributed by atoms with Crippen LogP contribution in [0.4, 0.5) is 5.69 Å². The van der Waals surface area contributed by atoms with Crippen LogP contribution in [-0.2, 0) is 11.2 Å². The molecule has 1 aromatic carbocycles. The number of benzene rings is 1. The lowest BCUT2D eigenvalue weighted by molar-refractivity contribution is -0.131. The van der Waals surface area contributed by atoms with Crippen molar-refractivity contribution in [3.05, 3.63) is 41.5 Å². The Kier molecular flexibility index (Phi) is 4.61. The average Bonchev–Trinajstić information content (AvgIpc) is 2.41. The van der Waals surface area contributed by atoms with Crippen LogP contribution in [0.1, 0.15) is 38.2 Å². The number of aliphatic carboxylic acids is 1. The number of anilines is 1. The van der Waals surface area contributed by atoms with Crippen LogP contribution in [0.5, 0.6) is 0 Å². The van der Waals surface area contributed by atoms with Crippen molar-refractivity contribution < 1.29 is 9.90 Å². The summed E-state index contributed by atoms with van der Waals surface area (Å²) in [6, 6.07) is 8.86. The lowest BCUT2D eigenvalue weighted by atomic mass is 9.90. The summed E-state index contributed by atoms with van der Waals surface area (Å²) in [4.78, 5) is 10.6. The zero-order chi connectivity index (χ0) is 13.7. The molecule has 3 nitrogen and oxygen atoms in total. The number of para-hydroxylation sites is 1. The molecule has 0 aromatic heterocycles. The average molecular weight is 259 g/mol. The van der Waals surface area contributed by atoms with Crippen molar-refractivity contribution in [3.63, 3.8) is 0 Å². The van der Waals surface area contributed by atoms with Gasteiger partial charge < -0.3 is 10.4 Å². The first-order valence-corrected chi connectivity index (χ1v) is 6.96. The quantitative estimate of drug-likeness (QED) is 0.812. The molecule has 2 rings (SSSR count). The molecule has 1 aliphatic carbocycles. The van der Waals surface area contributed by atoms with Crippen LogP contribution < -0.4 is 5.32 Å². The van der Waals surface area contributed by atoms with Crippen LogP contribution in [0.15, 0.2) is 35.9 Å². The van der Waals surface area contributed by atoms with Gasteiger partial charge in [-0.05, 0) is 43.7 Å². The molecular formula is C16H21NO2. The van der Waals surface area contributed by atoms with E-state index in [1.165, 1.54) is 17.3 Å². The maximum Gasteiger partial charge on any atom is 0.328 e. The molecule has 0 spiro atoms. The van der Waals surface area contributed by atoms with Crippen molar-refractivity contribution in [1.29, 1.82) is 0 Å². The highest BCUT2D eigenvalue weighted by Gasteiger charge is 2.17. The van der Waals surface area contributed by atoms with Gasteiger partial charge in [-0.25, -0.2) is 4.79 Å². The molecule has 1 saturated carbocycles. The summed E-state index contributed by atoms with van der Waals surface area (Å²) < 4.78 is 0. The fraction of sp³-hybridized carbons (Fsp3) is 0.438. The third-order valence-electron chi connectivity index (χ3n) is 3.71. The third-order valence-corrected chi connectivity index (χ3v) is 3.71. The molecule has 1 aromatic rings. The van der Waals surface area contributed by atoms with Crippen LogP contribution in [-0.4, -0.2) is 17.1 Å². The molecular weight excluding hydrogens is 238 g/mol. The molecule has 0 atom stereocenters. The van der Waals surface area contributed by atoms with Gasteiger partial charge in [0.2, 0.25) is 0 Å². The lowest BCUT2D eigenvalue weighted by Crippen LogP contribution is -2.24. The Labute approximate surface area is 114 Å². The Hall–Kier alpha value is -1.77. The second kappa shape index (κ2) is 6.41. The summed E-state index contributed by atoms with van der Waals surface area (Å²) in [7, 11) is 0. The minimum Gasteiger partial charge on any atom is -0.478 e. The molecule has 2 N–H and O–H groups in total. The van der Waals surface area contributed by atoms with E-state index in [1.807, 2.05) is 0 Å². The summed E-state index contributed by atoms with van der Waals surface area (Å²) in [6.07, 6.45) is 6.20. The van der Waals surface area contributed by atoms with Gasteiger partial charge in [0, 0.05) is 17.8 Å². The van der Waals surface area contributed by atoms with E-state index in [9.17, 15) is 4.79 Å². The predicted molar refractivity (Wildman–Crippen MR) is 77.4 cm³/mol. The Morgan fingerprint density at radius 1 is 1.37 bits per heavy atom. The second-order valence-corrected chi connectivity index (χ2v) is 5.07. The first-order chi connectivity index (χ1) is 9.19. The van der Waals surface area contributed by atoms with Gasteiger partial charge in [-0.3, -0.25) is 0 Å². The van der Waals surface area contributed by atoms with E-state index in [4.69, 9.17) is 5.11 Å². The van der Waals surface area contributed by atoms with Crippen LogP contribution in [0, 0.1) is 0 Å². The standard InChI is InChI=1S/C16H21NO2/c1-2-13-5-3-4-6-15(13)17-14-9-7-12(8-10-14)11-16(18)19/h3-6,11,14,17H,2,7-10H2,1H3,(H,18,19). The number of aryl methyl sites for hydroxylation is 1. The van der Waals surface area contributed by atoms with Crippen LogP contribution in [0.3, 0.4) is 0 Å². The van der Waals surface area contributed by atoms with E-state index in [2.05, 4.69) is 36.5 Å². The maximum atomic E-state index is 10.6. The minimum absolute atomic E-state index is 0.457. The van der Waals surface area contributed by atoms with Crippen LogP contribution >= 0.6 is 0 Å². The number of hydrogen-bond donors (Lipinski definition) is 2. The summed E-state index contributed by atoms with van der Waals surface area (Å²) in [6.45, 7) is 2.16. The molecule has 1 fully saturated rings. The number of carboxylic acids is 1. The van der Waals surface area contributed by atoms with Crippen molar-refractivity contribution in [2.75, 3.05) is 5.32 Å². The van der Waals surface area contributed by atoms with Crippen molar-refractivity contribution in [2.45, 2.75) is 45.1 Å². The monoisotopic (exact) mass is 259 g/mol. The van der Waals surface area contributed by atoms with E-state index in [-0.39, 0.29) is 0 Å². The Balaban J connectivity index is 1.94. The van der Waals surface area contributed by atoms with E-state index < -0.39 is 5.97 Å². The molecule has 3 heteroatoms. The summed E-state index contributed by atoms with van der Waals surface area (Å²) >= 11 is 0. The van der Waals surface area contributed by atoms with Gasteiger partial charge >= 0.3 is 5.97 Å². The SMILES string of the molecule is CCc1ccccc1NC1CCC(=CC(=O)O)CC1. The van der Waals surface area contributed by atoms with Gasteiger partial charge in [-0.2, -0.15) is 0 Å². The molecule has 0 unspecified atom stereocenters. The lowest BCUT2D eigenvalue weighted by Gasteiger charge is -2.26. The van der Waals surface area contributed by atoms with E-state index in [1.54, 1.807) is 0 Å². The predicted octanol–water partition coefficient (Wildman–Crippen LogP) is 3.61. The van der Waals surface area contributed by atoms with E-state index in [0.29, 0.717) is 6.04 Å². The van der Waals surface area contributed by atoms with Crippen molar-refractivity contribution >= 4 is 11.7 Å².